The molecule has 28 heavy (non-hydrogen) atoms. The number of carbonyl (C=O) groups is 1. The van der Waals surface area contributed by atoms with Crippen LogP contribution >= 0.6 is 0 Å². The van der Waals surface area contributed by atoms with Crippen molar-refractivity contribution in [3.63, 3.8) is 0 Å². The highest BCUT2D eigenvalue weighted by Gasteiger charge is 2.25. The maximum absolute atomic E-state index is 13.8. The molecule has 1 heterocycles. The van der Waals surface area contributed by atoms with Crippen molar-refractivity contribution in [2.75, 3.05) is 46.9 Å². The van der Waals surface area contributed by atoms with Crippen molar-refractivity contribution >= 4 is 5.91 Å². The minimum Gasteiger partial charge on any atom is -0.494 e. The predicted molar refractivity (Wildman–Crippen MR) is 108 cm³/mol. The summed E-state index contributed by atoms with van der Waals surface area (Å²) in [6, 6.07) is 15.2. The molecule has 0 spiro atoms. The van der Waals surface area contributed by atoms with Crippen molar-refractivity contribution in [2.45, 2.75) is 12.5 Å². The number of amides is 1. The zero-order valence-corrected chi connectivity index (χ0v) is 16.5. The second kappa shape index (κ2) is 9.66. The minimum atomic E-state index is -0.529. The highest BCUT2D eigenvalue weighted by Crippen LogP contribution is 2.24. The molecule has 0 radical (unpaired) electrons. The molecule has 0 aromatic heterocycles. The summed E-state index contributed by atoms with van der Waals surface area (Å²) >= 11 is 0. The summed E-state index contributed by atoms with van der Waals surface area (Å²) in [5, 5.41) is 2.88. The summed E-state index contributed by atoms with van der Waals surface area (Å²) < 4.78 is 18.6. The van der Waals surface area contributed by atoms with Crippen LogP contribution in [0.1, 0.15) is 28.4 Å². The van der Waals surface area contributed by atoms with E-state index in [1.54, 1.807) is 6.07 Å². The molecular formula is C22H28FN3O2. The van der Waals surface area contributed by atoms with Crippen LogP contribution in [0.5, 0.6) is 5.75 Å². The van der Waals surface area contributed by atoms with Crippen molar-refractivity contribution in [1.29, 1.82) is 0 Å². The topological polar surface area (TPSA) is 44.8 Å². The van der Waals surface area contributed by atoms with Crippen LogP contribution in [0.15, 0.2) is 48.5 Å². The number of carbonyl (C=O) groups excluding carboxylic acids is 1. The lowest BCUT2D eigenvalue weighted by molar-refractivity contribution is 0.0865. The molecule has 2 aromatic rings. The number of hydrogen-bond donors (Lipinski definition) is 1. The van der Waals surface area contributed by atoms with Gasteiger partial charge in [-0.1, -0.05) is 30.3 Å². The van der Waals surface area contributed by atoms with Gasteiger partial charge in [0.05, 0.1) is 7.11 Å². The van der Waals surface area contributed by atoms with Gasteiger partial charge in [0.2, 0.25) is 0 Å². The zero-order chi connectivity index (χ0) is 19.9. The fourth-order valence-electron chi connectivity index (χ4n) is 3.61. The van der Waals surface area contributed by atoms with Crippen LogP contribution in [-0.4, -0.2) is 62.6 Å². The van der Waals surface area contributed by atoms with Gasteiger partial charge in [-0.05, 0) is 37.2 Å². The Morgan fingerprint density at radius 3 is 2.71 bits per heavy atom. The van der Waals surface area contributed by atoms with Crippen molar-refractivity contribution < 1.29 is 13.9 Å². The Kier molecular flexibility index (Phi) is 7.01. The SMILES string of the molecule is COc1ccc(C(=O)NCCCN2CCN(C)CC2c2ccccc2)cc1F. The van der Waals surface area contributed by atoms with Gasteiger partial charge in [0.15, 0.2) is 11.6 Å². The van der Waals surface area contributed by atoms with Crippen LogP contribution in [0.3, 0.4) is 0 Å². The number of nitrogens with zero attached hydrogens (tertiary/aromatic N) is 2. The lowest BCUT2D eigenvalue weighted by atomic mass is 10.0. The van der Waals surface area contributed by atoms with Gasteiger partial charge in [0.1, 0.15) is 0 Å². The summed E-state index contributed by atoms with van der Waals surface area (Å²) in [4.78, 5) is 17.1. The number of likely N-dealkylation sites (N-methyl/N-ethyl adjacent to an activating group) is 1. The van der Waals surface area contributed by atoms with E-state index in [4.69, 9.17) is 4.74 Å². The molecule has 0 saturated carbocycles. The average Bonchev–Trinajstić information content (AvgIpc) is 2.72. The first kappa shape index (κ1) is 20.3. The van der Waals surface area contributed by atoms with Gasteiger partial charge in [-0.3, -0.25) is 9.69 Å². The molecule has 1 amide bonds. The second-order valence-electron chi connectivity index (χ2n) is 7.18. The van der Waals surface area contributed by atoms with Gasteiger partial charge >= 0.3 is 0 Å². The Hall–Kier alpha value is -2.44. The first-order valence-corrected chi connectivity index (χ1v) is 9.67. The van der Waals surface area contributed by atoms with E-state index in [1.807, 2.05) is 6.07 Å². The van der Waals surface area contributed by atoms with Crippen molar-refractivity contribution in [3.8, 4) is 5.75 Å². The molecular weight excluding hydrogens is 357 g/mol. The highest BCUT2D eigenvalue weighted by atomic mass is 19.1. The van der Waals surface area contributed by atoms with Gasteiger partial charge in [-0.25, -0.2) is 4.39 Å². The number of benzene rings is 2. The van der Waals surface area contributed by atoms with E-state index >= 15 is 0 Å². The van der Waals surface area contributed by atoms with Gasteiger partial charge in [0.25, 0.3) is 5.91 Å². The van der Waals surface area contributed by atoms with Crippen LogP contribution in [-0.2, 0) is 0 Å². The molecule has 1 saturated heterocycles. The zero-order valence-electron chi connectivity index (χ0n) is 16.5. The summed E-state index contributed by atoms with van der Waals surface area (Å²) in [6.07, 6.45) is 0.845. The monoisotopic (exact) mass is 385 g/mol. The van der Waals surface area contributed by atoms with Crippen molar-refractivity contribution in [1.82, 2.24) is 15.1 Å². The standard InChI is InChI=1S/C22H28FN3O2/c1-25-13-14-26(20(16-25)17-7-4-3-5-8-17)12-6-11-24-22(27)18-9-10-21(28-2)19(23)15-18/h3-5,7-10,15,20H,6,11-14,16H2,1-2H3,(H,24,27). The fraction of sp³-hybridized carbons (Fsp3) is 0.409. The Morgan fingerprint density at radius 1 is 1.21 bits per heavy atom. The molecule has 1 fully saturated rings. The lowest BCUT2D eigenvalue weighted by Crippen LogP contribution is -2.47. The minimum absolute atomic E-state index is 0.138. The number of methoxy groups -OCH3 is 1. The van der Waals surface area contributed by atoms with Gasteiger partial charge in [-0.15, -0.1) is 0 Å². The van der Waals surface area contributed by atoms with E-state index in [0.29, 0.717) is 18.2 Å². The number of hydrogen-bond acceptors (Lipinski definition) is 4. The third-order valence-electron chi connectivity index (χ3n) is 5.20. The Bertz CT molecular complexity index is 785. The lowest BCUT2D eigenvalue weighted by Gasteiger charge is -2.40. The van der Waals surface area contributed by atoms with Crippen LogP contribution in [0.25, 0.3) is 0 Å². The predicted octanol–water partition coefficient (Wildman–Crippen LogP) is 2.94. The molecule has 1 aliphatic rings. The van der Waals surface area contributed by atoms with Crippen LogP contribution in [0.2, 0.25) is 0 Å². The van der Waals surface area contributed by atoms with E-state index in [0.717, 1.165) is 32.6 Å². The second-order valence-corrected chi connectivity index (χ2v) is 7.18. The molecule has 1 N–H and O–H groups in total. The van der Waals surface area contributed by atoms with E-state index in [9.17, 15) is 9.18 Å². The average molecular weight is 385 g/mol. The normalized spacial score (nSPS) is 18.0. The molecule has 0 bridgehead atoms. The van der Waals surface area contributed by atoms with Crippen molar-refractivity contribution in [2.24, 2.45) is 0 Å². The number of nitrogens with one attached hydrogen (secondary N) is 1. The maximum Gasteiger partial charge on any atom is 0.251 e. The van der Waals surface area contributed by atoms with E-state index < -0.39 is 5.82 Å². The summed E-state index contributed by atoms with van der Waals surface area (Å²) in [5.41, 5.74) is 1.63. The largest absolute Gasteiger partial charge is 0.494 e. The van der Waals surface area contributed by atoms with Gasteiger partial charge in [-0.2, -0.15) is 0 Å². The Balaban J connectivity index is 1.51. The molecule has 0 aliphatic carbocycles. The summed E-state index contributed by atoms with van der Waals surface area (Å²) in [7, 11) is 3.56. The molecule has 5 nitrogen and oxygen atoms in total. The first-order valence-electron chi connectivity index (χ1n) is 9.67. The Morgan fingerprint density at radius 2 is 2.00 bits per heavy atom. The van der Waals surface area contributed by atoms with Crippen LogP contribution in [0.4, 0.5) is 4.39 Å². The summed E-state index contributed by atoms with van der Waals surface area (Å²) in [5.74, 6) is -0.656. The molecule has 2 aromatic carbocycles. The van der Waals surface area contributed by atoms with E-state index in [-0.39, 0.29) is 11.7 Å². The molecule has 1 atom stereocenters. The number of piperazine rings is 1. The first-order chi connectivity index (χ1) is 13.6. The molecule has 3 rings (SSSR count). The molecule has 1 unspecified atom stereocenters. The maximum atomic E-state index is 13.8. The summed E-state index contributed by atoms with van der Waals surface area (Å²) in [6.45, 7) is 4.51. The smallest absolute Gasteiger partial charge is 0.251 e. The molecule has 1 aliphatic heterocycles. The number of ether oxygens (including phenoxy) is 1. The van der Waals surface area contributed by atoms with Gasteiger partial charge in [0, 0.05) is 44.3 Å². The third-order valence-corrected chi connectivity index (χ3v) is 5.20. The van der Waals surface area contributed by atoms with Crippen LogP contribution in [0, 0.1) is 5.82 Å². The number of rotatable bonds is 7. The Labute approximate surface area is 166 Å². The highest BCUT2D eigenvalue weighted by molar-refractivity contribution is 5.94. The quantitative estimate of drug-likeness (QED) is 0.745. The number of halogens is 1. The third kappa shape index (κ3) is 5.09. The molecule has 6 heteroatoms. The van der Waals surface area contributed by atoms with E-state index in [2.05, 4.69) is 46.4 Å². The molecule has 150 valence electrons. The van der Waals surface area contributed by atoms with Crippen molar-refractivity contribution in [3.05, 3.63) is 65.5 Å². The van der Waals surface area contributed by atoms with E-state index in [1.165, 1.54) is 24.8 Å². The van der Waals surface area contributed by atoms with Crippen LogP contribution < -0.4 is 10.1 Å². The van der Waals surface area contributed by atoms with Gasteiger partial charge < -0.3 is 15.0 Å². The fourth-order valence-corrected chi connectivity index (χ4v) is 3.61.